The molecule has 0 atom stereocenters. The number of hydrogen-bond acceptors (Lipinski definition) is 7. The summed E-state index contributed by atoms with van der Waals surface area (Å²) in [7, 11) is 0. The van der Waals surface area contributed by atoms with E-state index >= 15 is 0 Å². The minimum atomic E-state index is -2.74. The summed E-state index contributed by atoms with van der Waals surface area (Å²) in [5, 5.41) is 56.0. The molecule has 0 aromatic rings. The van der Waals surface area contributed by atoms with Crippen molar-refractivity contribution in [3.05, 3.63) is 0 Å². The number of carboxylic acids is 6. The van der Waals surface area contributed by atoms with Crippen LogP contribution in [0.1, 0.15) is 19.8 Å². The molecule has 0 saturated carbocycles. The van der Waals surface area contributed by atoms with Gasteiger partial charge in [-0.15, -0.1) is 0 Å². The maximum absolute atomic E-state index is 10.3. The lowest BCUT2D eigenvalue weighted by Crippen LogP contribution is -2.42. The zero-order valence-electron chi connectivity index (χ0n) is 11.5. The van der Waals surface area contributed by atoms with E-state index < -0.39 is 54.3 Å². The fourth-order valence-corrected chi connectivity index (χ4v) is 0.714. The van der Waals surface area contributed by atoms with Gasteiger partial charge in [0.2, 0.25) is 0 Å². The zero-order valence-corrected chi connectivity index (χ0v) is 11.5. The van der Waals surface area contributed by atoms with E-state index in [2.05, 4.69) is 0 Å². The quantitative estimate of drug-likeness (QED) is 0.267. The van der Waals surface area contributed by atoms with Gasteiger partial charge in [0, 0.05) is 6.92 Å². The molecule has 0 saturated heterocycles. The highest BCUT2D eigenvalue weighted by Crippen LogP contribution is 2.15. The molecule has 0 aliphatic carbocycles. The van der Waals surface area contributed by atoms with E-state index in [0.717, 1.165) is 6.92 Å². The van der Waals surface area contributed by atoms with Crippen LogP contribution in [0.15, 0.2) is 0 Å². The van der Waals surface area contributed by atoms with Gasteiger partial charge < -0.3 is 35.7 Å². The number of aliphatic carboxylic acids is 6. The lowest BCUT2D eigenvalue weighted by molar-refractivity contribution is -0.170. The third-order valence-corrected chi connectivity index (χ3v) is 1.47. The molecule has 0 spiro atoms. The molecular formula is C10H14O13. The fourth-order valence-electron chi connectivity index (χ4n) is 0.714. The SMILES string of the molecule is CC(=O)O.O=C(O)C(=O)O.O=C(O)CC(O)(CC(=O)O)C(=O)O. The standard InChI is InChI=1S/C6H8O7.C2H2O4.C2H4O2/c7-3(8)1-6(13,5(11)12)2-4(9)10;3-1(4)2(5)6;1-2(3)4/h13H,1-2H2,(H,7,8)(H,9,10)(H,11,12);(H,3,4)(H,5,6);1H3,(H,3,4). The van der Waals surface area contributed by atoms with Gasteiger partial charge in [-0.2, -0.15) is 0 Å². The van der Waals surface area contributed by atoms with Crippen molar-refractivity contribution in [2.24, 2.45) is 0 Å². The van der Waals surface area contributed by atoms with E-state index in [1.165, 1.54) is 0 Å². The first-order chi connectivity index (χ1) is 10.2. The summed E-state index contributed by atoms with van der Waals surface area (Å²) < 4.78 is 0. The maximum Gasteiger partial charge on any atom is 0.414 e. The molecule has 132 valence electrons. The predicted octanol–water partition coefficient (Wildman–Crippen LogP) is -2.00. The van der Waals surface area contributed by atoms with Gasteiger partial charge in [-0.05, 0) is 0 Å². The second kappa shape index (κ2) is 11.4. The average molecular weight is 342 g/mol. The molecule has 13 heteroatoms. The van der Waals surface area contributed by atoms with Crippen molar-refractivity contribution in [1.29, 1.82) is 0 Å². The van der Waals surface area contributed by atoms with Crippen LogP contribution in [0, 0.1) is 0 Å². The Morgan fingerprint density at radius 2 is 0.913 bits per heavy atom. The molecule has 7 N–H and O–H groups in total. The summed E-state index contributed by atoms with van der Waals surface area (Å²) in [5.41, 5.74) is -2.74. The van der Waals surface area contributed by atoms with Crippen LogP contribution in [0.3, 0.4) is 0 Å². The van der Waals surface area contributed by atoms with Crippen LogP contribution in [-0.2, 0) is 28.8 Å². The molecule has 0 aromatic carbocycles. The first-order valence-corrected chi connectivity index (χ1v) is 5.20. The van der Waals surface area contributed by atoms with Crippen molar-refractivity contribution in [3.8, 4) is 0 Å². The van der Waals surface area contributed by atoms with Gasteiger partial charge in [-0.1, -0.05) is 0 Å². The van der Waals surface area contributed by atoms with Crippen LogP contribution in [0.4, 0.5) is 0 Å². The molecule has 0 aromatic heterocycles. The van der Waals surface area contributed by atoms with Gasteiger partial charge in [-0.3, -0.25) is 14.4 Å². The van der Waals surface area contributed by atoms with Crippen molar-refractivity contribution in [2.75, 3.05) is 0 Å². The molecular weight excluding hydrogens is 328 g/mol. The van der Waals surface area contributed by atoms with Crippen LogP contribution < -0.4 is 0 Å². The Hall–Kier alpha value is -3.22. The van der Waals surface area contributed by atoms with Crippen molar-refractivity contribution < 1.29 is 64.5 Å². The Balaban J connectivity index is -0.000000330. The predicted molar refractivity (Wildman–Crippen MR) is 65.7 cm³/mol. The van der Waals surface area contributed by atoms with E-state index in [4.69, 9.17) is 50.1 Å². The monoisotopic (exact) mass is 342 g/mol. The maximum atomic E-state index is 10.3. The summed E-state index contributed by atoms with van der Waals surface area (Å²) in [6, 6.07) is 0. The lowest BCUT2D eigenvalue weighted by atomic mass is 9.96. The van der Waals surface area contributed by atoms with Crippen molar-refractivity contribution in [1.82, 2.24) is 0 Å². The summed E-state index contributed by atoms with van der Waals surface area (Å²) in [6.45, 7) is 1.08. The van der Waals surface area contributed by atoms with E-state index in [0.29, 0.717) is 0 Å². The molecule has 23 heavy (non-hydrogen) atoms. The Kier molecular flexibility index (Phi) is 12.3. The minimum Gasteiger partial charge on any atom is -0.481 e. The summed E-state index contributed by atoms with van der Waals surface area (Å²) >= 11 is 0. The molecule has 0 aliphatic rings. The summed E-state index contributed by atoms with van der Waals surface area (Å²) in [6.07, 6.45) is -2.29. The van der Waals surface area contributed by atoms with Gasteiger partial charge in [0.1, 0.15) is 0 Å². The number of carboxylic acid groups (broad SMARTS) is 6. The molecule has 13 nitrogen and oxygen atoms in total. The second-order valence-corrected chi connectivity index (χ2v) is 3.61. The van der Waals surface area contributed by atoms with Crippen LogP contribution in [0.2, 0.25) is 0 Å². The summed E-state index contributed by atoms with van der Waals surface area (Å²) in [5.74, 6) is -9.50. The Morgan fingerprint density at radius 3 is 1.00 bits per heavy atom. The van der Waals surface area contributed by atoms with E-state index in [1.807, 2.05) is 0 Å². The normalized spacial score (nSPS) is 9.13. The number of rotatable bonds is 5. The van der Waals surface area contributed by atoms with Crippen LogP contribution in [-0.4, -0.2) is 77.2 Å². The highest BCUT2D eigenvalue weighted by Gasteiger charge is 2.40. The molecule has 0 fully saturated rings. The first-order valence-electron chi connectivity index (χ1n) is 5.20. The number of aliphatic hydroxyl groups is 1. The molecule has 0 amide bonds. The summed E-state index contributed by atoms with van der Waals surface area (Å²) in [4.78, 5) is 57.7. The van der Waals surface area contributed by atoms with Crippen LogP contribution in [0.5, 0.6) is 0 Å². The number of carbonyl (C=O) groups is 6. The highest BCUT2D eigenvalue weighted by molar-refractivity contribution is 6.27. The average Bonchev–Trinajstić information content (AvgIpc) is 2.25. The van der Waals surface area contributed by atoms with Gasteiger partial charge in [0.25, 0.3) is 5.97 Å². The van der Waals surface area contributed by atoms with E-state index in [1.54, 1.807) is 0 Å². The zero-order chi connectivity index (χ0) is 19.4. The largest absolute Gasteiger partial charge is 0.481 e. The van der Waals surface area contributed by atoms with Gasteiger partial charge in [0.05, 0.1) is 12.8 Å². The van der Waals surface area contributed by atoms with Crippen LogP contribution in [0.25, 0.3) is 0 Å². The third-order valence-electron chi connectivity index (χ3n) is 1.47. The van der Waals surface area contributed by atoms with Crippen molar-refractivity contribution in [3.63, 3.8) is 0 Å². The molecule has 0 rings (SSSR count). The topological polar surface area (TPSA) is 244 Å². The van der Waals surface area contributed by atoms with Gasteiger partial charge >= 0.3 is 29.8 Å². The van der Waals surface area contributed by atoms with Gasteiger partial charge in [-0.25, -0.2) is 14.4 Å². The molecule has 0 aliphatic heterocycles. The van der Waals surface area contributed by atoms with E-state index in [9.17, 15) is 14.4 Å². The lowest BCUT2D eigenvalue weighted by Gasteiger charge is -2.18. The van der Waals surface area contributed by atoms with Gasteiger partial charge in [0.15, 0.2) is 5.60 Å². The van der Waals surface area contributed by atoms with E-state index in [-0.39, 0.29) is 0 Å². The molecule has 0 heterocycles. The third kappa shape index (κ3) is 18.8. The smallest absolute Gasteiger partial charge is 0.414 e. The van der Waals surface area contributed by atoms with Crippen molar-refractivity contribution in [2.45, 2.75) is 25.4 Å². The molecule has 0 bridgehead atoms. The first kappa shape index (κ1) is 24.8. The Bertz CT molecular complexity index is 445. The highest BCUT2D eigenvalue weighted by atomic mass is 16.4. The number of hydrogen-bond donors (Lipinski definition) is 7. The Morgan fingerprint density at radius 1 is 0.696 bits per heavy atom. The fraction of sp³-hybridized carbons (Fsp3) is 0.400. The van der Waals surface area contributed by atoms with Crippen molar-refractivity contribution >= 4 is 35.8 Å². The Labute approximate surface area is 127 Å². The minimum absolute atomic E-state index is 0.833. The molecule has 0 unspecified atom stereocenters. The van der Waals surface area contributed by atoms with Crippen LogP contribution >= 0.6 is 0 Å². The molecule has 0 radical (unpaired) electrons. The second-order valence-electron chi connectivity index (χ2n) is 3.61.